The van der Waals surface area contributed by atoms with Crippen molar-refractivity contribution in [2.45, 2.75) is 34.6 Å². The Kier molecular flexibility index (Phi) is 6.12. The molecule has 0 heterocycles. The number of phenolic OH excluding ortho intramolecular Hbond substituents is 3. The highest BCUT2D eigenvalue weighted by atomic mass is 16.5. The summed E-state index contributed by atoms with van der Waals surface area (Å²) in [6.45, 7) is 9.67. The number of hydrogen-bond acceptors (Lipinski definition) is 5. The van der Waals surface area contributed by atoms with Crippen LogP contribution in [0.15, 0.2) is 66.7 Å². The summed E-state index contributed by atoms with van der Waals surface area (Å²) in [4.78, 5) is 1.86. The summed E-state index contributed by atoms with van der Waals surface area (Å²) in [5, 5.41) is 32.0. The van der Waals surface area contributed by atoms with Gasteiger partial charge in [-0.2, -0.15) is 0 Å². The first kappa shape index (κ1) is 23.1. The lowest BCUT2D eigenvalue weighted by molar-refractivity contribution is 0.411. The van der Waals surface area contributed by atoms with Crippen molar-refractivity contribution in [3.63, 3.8) is 0 Å². The van der Waals surface area contributed by atoms with Crippen LogP contribution in [0.4, 0.5) is 17.1 Å². The first-order valence-corrected chi connectivity index (χ1v) is 11.1. The molecule has 4 aromatic rings. The molecule has 0 fully saturated rings. The van der Waals surface area contributed by atoms with Gasteiger partial charge in [0.1, 0.15) is 17.2 Å². The van der Waals surface area contributed by atoms with Crippen molar-refractivity contribution >= 4 is 17.1 Å². The molecule has 0 atom stereocenters. The minimum atomic E-state index is 0.0664. The predicted octanol–water partition coefficient (Wildman–Crippen LogP) is 7.61. The third-order valence-corrected chi connectivity index (χ3v) is 5.73. The first-order chi connectivity index (χ1) is 16.1. The molecule has 0 aliphatic heterocycles. The molecule has 174 valence electrons. The Balaban J connectivity index is 1.83. The fourth-order valence-corrected chi connectivity index (χ4v) is 4.32. The Hall–Kier alpha value is -4.12. The van der Waals surface area contributed by atoms with E-state index in [1.807, 2.05) is 69.9 Å². The van der Waals surface area contributed by atoms with Gasteiger partial charge in [0.15, 0.2) is 11.5 Å². The van der Waals surface area contributed by atoms with E-state index in [0.29, 0.717) is 22.9 Å². The van der Waals surface area contributed by atoms with Gasteiger partial charge in [-0.05, 0) is 111 Å². The van der Waals surface area contributed by atoms with E-state index in [0.717, 1.165) is 33.5 Å². The molecule has 5 heteroatoms. The maximum Gasteiger partial charge on any atom is 0.169 e. The molecule has 0 aliphatic carbocycles. The molecule has 4 rings (SSSR count). The van der Waals surface area contributed by atoms with Gasteiger partial charge < -0.3 is 25.0 Å². The van der Waals surface area contributed by atoms with Gasteiger partial charge in [-0.1, -0.05) is 18.2 Å². The maximum absolute atomic E-state index is 10.9. The molecule has 3 N–H and O–H groups in total. The molecule has 34 heavy (non-hydrogen) atoms. The molecular weight excluding hydrogens is 426 g/mol. The standard InChI is InChI=1S/C29H29NO4/c1-17-6-11-24(31)27(16-17)34-23-9-7-22(8-10-23)30(28-20(4)12-18(2)14-25(28)32)29-21(5)13-19(3)15-26(29)33/h6-16,31-33H,1-5H3. The number of phenols is 3. The Morgan fingerprint density at radius 1 is 0.559 bits per heavy atom. The molecule has 0 aliphatic rings. The van der Waals surface area contributed by atoms with Crippen LogP contribution >= 0.6 is 0 Å². The van der Waals surface area contributed by atoms with E-state index in [-0.39, 0.29) is 17.2 Å². The molecule has 0 amide bonds. The summed E-state index contributed by atoms with van der Waals surface area (Å²) in [5.74, 6) is 1.25. The van der Waals surface area contributed by atoms with Crippen molar-refractivity contribution < 1.29 is 20.1 Å². The van der Waals surface area contributed by atoms with Crippen LogP contribution < -0.4 is 9.64 Å². The van der Waals surface area contributed by atoms with Gasteiger partial charge >= 0.3 is 0 Å². The zero-order valence-corrected chi connectivity index (χ0v) is 20.0. The maximum atomic E-state index is 10.9. The van der Waals surface area contributed by atoms with Crippen molar-refractivity contribution in [2.24, 2.45) is 0 Å². The highest BCUT2D eigenvalue weighted by Gasteiger charge is 2.23. The lowest BCUT2D eigenvalue weighted by Crippen LogP contribution is -2.13. The summed E-state index contributed by atoms with van der Waals surface area (Å²) in [5.41, 5.74) is 6.56. The molecule has 0 saturated heterocycles. The van der Waals surface area contributed by atoms with E-state index in [2.05, 4.69) is 0 Å². The molecule has 0 unspecified atom stereocenters. The first-order valence-electron chi connectivity index (χ1n) is 11.1. The van der Waals surface area contributed by atoms with Crippen molar-refractivity contribution in [2.75, 3.05) is 4.90 Å². The smallest absolute Gasteiger partial charge is 0.169 e. The Morgan fingerprint density at radius 2 is 1.09 bits per heavy atom. The molecule has 0 bridgehead atoms. The fraction of sp³-hybridized carbons (Fsp3) is 0.172. The van der Waals surface area contributed by atoms with E-state index in [4.69, 9.17) is 4.74 Å². The molecule has 0 aromatic heterocycles. The Labute approximate surface area is 200 Å². The van der Waals surface area contributed by atoms with Crippen LogP contribution in [-0.2, 0) is 0 Å². The number of rotatable bonds is 5. The van der Waals surface area contributed by atoms with E-state index >= 15 is 0 Å². The number of anilines is 3. The molecule has 4 aromatic carbocycles. The van der Waals surface area contributed by atoms with Crippen LogP contribution in [0.3, 0.4) is 0 Å². The highest BCUT2D eigenvalue weighted by molar-refractivity contribution is 5.86. The molecule has 5 nitrogen and oxygen atoms in total. The van der Waals surface area contributed by atoms with E-state index in [1.54, 1.807) is 36.4 Å². The minimum absolute atomic E-state index is 0.0664. The van der Waals surface area contributed by atoms with Crippen molar-refractivity contribution in [3.05, 3.63) is 94.5 Å². The number of benzene rings is 4. The monoisotopic (exact) mass is 455 g/mol. The third kappa shape index (κ3) is 4.50. The Bertz CT molecular complexity index is 1260. The highest BCUT2D eigenvalue weighted by Crippen LogP contribution is 2.47. The zero-order chi connectivity index (χ0) is 24.6. The number of aromatic hydroxyl groups is 3. The second kappa shape index (κ2) is 9.02. The van der Waals surface area contributed by atoms with Crippen molar-refractivity contribution in [1.29, 1.82) is 0 Å². The molecule has 0 spiro atoms. The third-order valence-electron chi connectivity index (χ3n) is 5.73. The number of aryl methyl sites for hydroxylation is 5. The summed E-state index contributed by atoms with van der Waals surface area (Å²) in [6.07, 6.45) is 0. The van der Waals surface area contributed by atoms with Gasteiger partial charge in [0.05, 0.1) is 11.4 Å². The summed E-state index contributed by atoms with van der Waals surface area (Å²) in [7, 11) is 0. The van der Waals surface area contributed by atoms with Crippen molar-refractivity contribution in [1.82, 2.24) is 0 Å². The van der Waals surface area contributed by atoms with Gasteiger partial charge in [-0.3, -0.25) is 0 Å². The summed E-state index contributed by atoms with van der Waals surface area (Å²) in [6, 6.07) is 19.9. The normalized spacial score (nSPS) is 10.9. The number of ether oxygens (including phenoxy) is 1. The SMILES string of the molecule is Cc1cc(C)c(N(c2ccc(Oc3cc(C)ccc3O)cc2)c2c(C)cc(C)cc2O)c(O)c1. The largest absolute Gasteiger partial charge is 0.506 e. The van der Waals surface area contributed by atoms with Gasteiger partial charge in [0.25, 0.3) is 0 Å². The van der Waals surface area contributed by atoms with Gasteiger partial charge in [-0.25, -0.2) is 0 Å². The van der Waals surface area contributed by atoms with Gasteiger partial charge in [-0.15, -0.1) is 0 Å². The van der Waals surface area contributed by atoms with E-state index in [1.165, 1.54) is 0 Å². The topological polar surface area (TPSA) is 73.2 Å². The predicted molar refractivity (Wildman–Crippen MR) is 136 cm³/mol. The zero-order valence-electron chi connectivity index (χ0n) is 20.0. The molecule has 0 saturated carbocycles. The number of hydrogen-bond donors (Lipinski definition) is 3. The quantitative estimate of drug-likeness (QED) is 0.289. The summed E-state index contributed by atoms with van der Waals surface area (Å²) < 4.78 is 5.90. The summed E-state index contributed by atoms with van der Waals surface area (Å²) >= 11 is 0. The average Bonchev–Trinajstić information content (AvgIpc) is 2.74. The van der Waals surface area contributed by atoms with Gasteiger partial charge in [0, 0.05) is 5.69 Å². The lowest BCUT2D eigenvalue weighted by Gasteiger charge is -2.30. The second-order valence-electron chi connectivity index (χ2n) is 8.80. The van der Waals surface area contributed by atoms with Crippen LogP contribution in [-0.4, -0.2) is 15.3 Å². The Morgan fingerprint density at radius 3 is 1.59 bits per heavy atom. The van der Waals surface area contributed by atoms with Gasteiger partial charge in [0.2, 0.25) is 0 Å². The van der Waals surface area contributed by atoms with Crippen LogP contribution in [0.5, 0.6) is 28.7 Å². The van der Waals surface area contributed by atoms with Crippen molar-refractivity contribution in [3.8, 4) is 28.7 Å². The van der Waals surface area contributed by atoms with Crippen LogP contribution in [0.1, 0.15) is 27.8 Å². The molecule has 0 radical (unpaired) electrons. The van der Waals surface area contributed by atoms with Crippen LogP contribution in [0, 0.1) is 34.6 Å². The number of nitrogens with zero attached hydrogens (tertiary/aromatic N) is 1. The van der Waals surface area contributed by atoms with Crippen LogP contribution in [0.2, 0.25) is 0 Å². The second-order valence-corrected chi connectivity index (χ2v) is 8.80. The minimum Gasteiger partial charge on any atom is -0.506 e. The lowest BCUT2D eigenvalue weighted by atomic mass is 10.0. The fourth-order valence-electron chi connectivity index (χ4n) is 4.32. The van der Waals surface area contributed by atoms with E-state index < -0.39 is 0 Å². The average molecular weight is 456 g/mol. The molecular formula is C29H29NO4. The van der Waals surface area contributed by atoms with E-state index in [9.17, 15) is 15.3 Å². The van der Waals surface area contributed by atoms with Crippen LogP contribution in [0.25, 0.3) is 0 Å².